The molecule has 0 radical (unpaired) electrons. The van der Waals surface area contributed by atoms with Crippen LogP contribution in [0.4, 0.5) is 0 Å². The number of ether oxygens (including phenoxy) is 1. The van der Waals surface area contributed by atoms with Crippen LogP contribution in [-0.2, 0) is 9.53 Å². The summed E-state index contributed by atoms with van der Waals surface area (Å²) in [6, 6.07) is 9.39. The van der Waals surface area contributed by atoms with Gasteiger partial charge in [-0.1, -0.05) is 30.3 Å². The van der Waals surface area contributed by atoms with Gasteiger partial charge in [-0.3, -0.25) is 0 Å². The number of benzene rings is 1. The maximum absolute atomic E-state index is 11.1. The topological polar surface area (TPSA) is 52.3 Å². The Morgan fingerprint density at radius 1 is 1.43 bits per heavy atom. The Hall–Kier alpha value is -1.77. The van der Waals surface area contributed by atoms with Gasteiger partial charge in [0.15, 0.2) is 0 Å². The number of esters is 1. The van der Waals surface area contributed by atoms with E-state index in [1.165, 1.54) is 0 Å². The first kappa shape index (κ1) is 10.3. The van der Waals surface area contributed by atoms with Crippen molar-refractivity contribution in [2.45, 2.75) is 6.92 Å². The minimum Gasteiger partial charge on any atom is -0.461 e. The Balaban J connectivity index is 2.74. The van der Waals surface area contributed by atoms with Crippen LogP contribution < -0.4 is 5.73 Å². The zero-order chi connectivity index (χ0) is 10.4. The Labute approximate surface area is 83.2 Å². The third kappa shape index (κ3) is 2.94. The van der Waals surface area contributed by atoms with Gasteiger partial charge in [-0.25, -0.2) is 4.79 Å². The van der Waals surface area contributed by atoms with Crippen LogP contribution in [0.5, 0.6) is 0 Å². The lowest BCUT2D eigenvalue weighted by Crippen LogP contribution is -2.14. The summed E-state index contributed by atoms with van der Waals surface area (Å²) >= 11 is 0. The fourth-order valence-corrected chi connectivity index (χ4v) is 1.00. The lowest BCUT2D eigenvalue weighted by Gasteiger charge is -2.00. The van der Waals surface area contributed by atoms with E-state index in [4.69, 9.17) is 10.5 Å². The summed E-state index contributed by atoms with van der Waals surface area (Å²) in [5.41, 5.74) is 6.53. The van der Waals surface area contributed by atoms with Crippen molar-refractivity contribution in [3.63, 3.8) is 0 Å². The molecular weight excluding hydrogens is 178 g/mol. The monoisotopic (exact) mass is 191 g/mol. The second-order valence-corrected chi connectivity index (χ2v) is 2.73. The number of nitrogens with two attached hydrogens (primary N) is 1. The molecule has 0 unspecified atom stereocenters. The van der Waals surface area contributed by atoms with E-state index < -0.39 is 5.97 Å². The van der Waals surface area contributed by atoms with Gasteiger partial charge in [0.2, 0.25) is 0 Å². The van der Waals surface area contributed by atoms with E-state index in [9.17, 15) is 4.79 Å². The summed E-state index contributed by atoms with van der Waals surface area (Å²) in [6.07, 6.45) is 1.60. The fraction of sp³-hybridized carbons (Fsp3) is 0.182. The zero-order valence-electron chi connectivity index (χ0n) is 8.07. The maximum Gasteiger partial charge on any atom is 0.354 e. The molecule has 0 bridgehead atoms. The molecule has 0 amide bonds. The smallest absolute Gasteiger partial charge is 0.354 e. The molecule has 74 valence electrons. The van der Waals surface area contributed by atoms with Gasteiger partial charge in [-0.05, 0) is 18.6 Å². The molecule has 0 aromatic heterocycles. The standard InChI is InChI=1S/C11H13NO2/c1-2-14-11(13)10(12)8-9-6-4-3-5-7-9/h3-8H,2,12H2,1H3. The van der Waals surface area contributed by atoms with Gasteiger partial charge in [-0.2, -0.15) is 0 Å². The largest absolute Gasteiger partial charge is 0.461 e. The molecule has 0 spiro atoms. The first-order valence-corrected chi connectivity index (χ1v) is 4.43. The molecule has 2 N–H and O–H groups in total. The maximum atomic E-state index is 11.1. The van der Waals surface area contributed by atoms with Crippen LogP contribution in [0.15, 0.2) is 36.0 Å². The minimum absolute atomic E-state index is 0.123. The van der Waals surface area contributed by atoms with E-state index in [1.807, 2.05) is 30.3 Å². The van der Waals surface area contributed by atoms with Gasteiger partial charge >= 0.3 is 5.97 Å². The first-order valence-electron chi connectivity index (χ1n) is 4.43. The Morgan fingerprint density at radius 2 is 2.07 bits per heavy atom. The molecule has 0 saturated carbocycles. The summed E-state index contributed by atoms with van der Waals surface area (Å²) in [6.45, 7) is 2.08. The van der Waals surface area contributed by atoms with Gasteiger partial charge in [0.05, 0.1) is 6.61 Å². The van der Waals surface area contributed by atoms with Gasteiger partial charge in [0.1, 0.15) is 5.70 Å². The van der Waals surface area contributed by atoms with Gasteiger partial charge in [0, 0.05) is 0 Å². The van der Waals surface area contributed by atoms with Crippen molar-refractivity contribution in [2.75, 3.05) is 6.61 Å². The summed E-state index contributed by atoms with van der Waals surface area (Å²) in [5, 5.41) is 0. The van der Waals surface area contributed by atoms with Crippen LogP contribution >= 0.6 is 0 Å². The molecule has 14 heavy (non-hydrogen) atoms. The molecule has 1 rings (SSSR count). The fourth-order valence-electron chi connectivity index (χ4n) is 1.00. The summed E-state index contributed by atoms with van der Waals surface area (Å²) in [4.78, 5) is 11.1. The first-order chi connectivity index (χ1) is 6.74. The van der Waals surface area contributed by atoms with Crippen molar-refractivity contribution in [3.8, 4) is 0 Å². The molecular formula is C11H13NO2. The number of carbonyl (C=O) groups excluding carboxylic acids is 1. The SMILES string of the molecule is CCOC(=O)C(N)=Cc1ccccc1. The third-order valence-corrected chi connectivity index (χ3v) is 1.63. The summed E-state index contributed by atoms with van der Waals surface area (Å²) < 4.78 is 4.74. The van der Waals surface area contributed by atoms with E-state index in [1.54, 1.807) is 13.0 Å². The van der Waals surface area contributed by atoms with Crippen LogP contribution in [0.25, 0.3) is 6.08 Å². The van der Waals surface area contributed by atoms with E-state index in [-0.39, 0.29) is 5.70 Å². The van der Waals surface area contributed by atoms with E-state index >= 15 is 0 Å². The van der Waals surface area contributed by atoms with E-state index in [0.717, 1.165) is 5.56 Å². The molecule has 1 aromatic rings. The highest BCUT2D eigenvalue weighted by Crippen LogP contribution is 2.03. The quantitative estimate of drug-likeness (QED) is 0.582. The highest BCUT2D eigenvalue weighted by molar-refractivity contribution is 5.92. The van der Waals surface area contributed by atoms with Crippen molar-refractivity contribution >= 4 is 12.0 Å². The number of hydrogen-bond donors (Lipinski definition) is 1. The average molecular weight is 191 g/mol. The van der Waals surface area contributed by atoms with Crippen molar-refractivity contribution in [2.24, 2.45) is 5.73 Å². The van der Waals surface area contributed by atoms with Crippen LogP contribution in [0.1, 0.15) is 12.5 Å². The minimum atomic E-state index is -0.476. The molecule has 0 atom stereocenters. The molecule has 0 saturated heterocycles. The molecule has 0 aliphatic heterocycles. The molecule has 0 aliphatic carbocycles. The Bertz CT molecular complexity index is 330. The molecule has 0 heterocycles. The molecule has 3 heteroatoms. The van der Waals surface area contributed by atoms with Crippen LogP contribution in [0, 0.1) is 0 Å². The van der Waals surface area contributed by atoms with Crippen molar-refractivity contribution in [3.05, 3.63) is 41.6 Å². The molecule has 3 nitrogen and oxygen atoms in total. The van der Waals surface area contributed by atoms with E-state index in [0.29, 0.717) is 6.61 Å². The second kappa shape index (κ2) is 5.07. The van der Waals surface area contributed by atoms with Crippen LogP contribution in [0.2, 0.25) is 0 Å². The Morgan fingerprint density at radius 3 is 2.64 bits per heavy atom. The van der Waals surface area contributed by atoms with Gasteiger partial charge in [-0.15, -0.1) is 0 Å². The van der Waals surface area contributed by atoms with Gasteiger partial charge < -0.3 is 10.5 Å². The molecule has 0 fully saturated rings. The predicted molar refractivity (Wildman–Crippen MR) is 55.2 cm³/mol. The number of carbonyl (C=O) groups is 1. The number of rotatable bonds is 3. The van der Waals surface area contributed by atoms with Crippen LogP contribution in [0.3, 0.4) is 0 Å². The molecule has 1 aromatic carbocycles. The summed E-state index contributed by atoms with van der Waals surface area (Å²) in [5.74, 6) is -0.476. The van der Waals surface area contributed by atoms with Crippen molar-refractivity contribution in [1.82, 2.24) is 0 Å². The van der Waals surface area contributed by atoms with E-state index in [2.05, 4.69) is 0 Å². The molecule has 0 aliphatic rings. The van der Waals surface area contributed by atoms with Crippen molar-refractivity contribution in [1.29, 1.82) is 0 Å². The lowest BCUT2D eigenvalue weighted by atomic mass is 10.2. The Kier molecular flexibility index (Phi) is 3.73. The highest BCUT2D eigenvalue weighted by Gasteiger charge is 2.04. The van der Waals surface area contributed by atoms with Crippen molar-refractivity contribution < 1.29 is 9.53 Å². The summed E-state index contributed by atoms with van der Waals surface area (Å²) in [7, 11) is 0. The second-order valence-electron chi connectivity index (χ2n) is 2.73. The van der Waals surface area contributed by atoms with Gasteiger partial charge in [0.25, 0.3) is 0 Å². The predicted octanol–water partition coefficient (Wildman–Crippen LogP) is 1.55. The average Bonchev–Trinajstić information content (AvgIpc) is 2.19. The highest BCUT2D eigenvalue weighted by atomic mass is 16.5. The lowest BCUT2D eigenvalue weighted by molar-refractivity contribution is -0.138. The normalized spacial score (nSPS) is 11.1. The number of hydrogen-bond acceptors (Lipinski definition) is 3. The van der Waals surface area contributed by atoms with Crippen LogP contribution in [-0.4, -0.2) is 12.6 Å². The third-order valence-electron chi connectivity index (χ3n) is 1.63. The zero-order valence-corrected chi connectivity index (χ0v) is 8.07.